The normalized spacial score (nSPS) is 10.1. The predicted molar refractivity (Wildman–Crippen MR) is 70.0 cm³/mol. The maximum Gasteiger partial charge on any atom is 0.163 e. The molecule has 0 amide bonds. The van der Waals surface area contributed by atoms with Crippen molar-refractivity contribution in [3.05, 3.63) is 58.9 Å². The molecule has 0 saturated carbocycles. The van der Waals surface area contributed by atoms with Crippen LogP contribution in [0.15, 0.2) is 42.6 Å². The highest BCUT2D eigenvalue weighted by Gasteiger charge is 2.09. The van der Waals surface area contributed by atoms with E-state index in [0.717, 1.165) is 5.69 Å². The number of ether oxygens (including phenoxy) is 1. The van der Waals surface area contributed by atoms with Crippen molar-refractivity contribution >= 4 is 17.4 Å². The molecule has 92 valence electrons. The van der Waals surface area contributed by atoms with Gasteiger partial charge in [0.1, 0.15) is 12.4 Å². The van der Waals surface area contributed by atoms with Crippen molar-refractivity contribution in [2.75, 3.05) is 0 Å². The van der Waals surface area contributed by atoms with Crippen LogP contribution in [0.25, 0.3) is 0 Å². The lowest BCUT2D eigenvalue weighted by atomic mass is 10.1. The quantitative estimate of drug-likeness (QED) is 0.791. The Labute approximate surface area is 110 Å². The maximum atomic E-state index is 11.5. The molecule has 0 aliphatic rings. The number of carbonyl (C=O) groups excluding carboxylic acids is 1. The number of ketones is 1. The third-order valence-electron chi connectivity index (χ3n) is 2.42. The van der Waals surface area contributed by atoms with E-state index in [9.17, 15) is 4.79 Å². The predicted octanol–water partition coefficient (Wildman–Crippen LogP) is 3.52. The standard InChI is InChI=1S/C14H12ClNO2/c1-10(17)13-8-11(15)5-6-14(13)18-9-12-4-2-3-7-16-12/h2-8H,9H2,1H3. The summed E-state index contributed by atoms with van der Waals surface area (Å²) in [4.78, 5) is 15.6. The first-order chi connectivity index (χ1) is 8.66. The van der Waals surface area contributed by atoms with E-state index in [1.807, 2.05) is 18.2 Å². The SMILES string of the molecule is CC(=O)c1cc(Cl)ccc1OCc1ccccn1. The first-order valence-corrected chi connectivity index (χ1v) is 5.88. The Bertz CT molecular complexity index is 555. The van der Waals surface area contributed by atoms with Crippen LogP contribution in [0.5, 0.6) is 5.75 Å². The Kier molecular flexibility index (Phi) is 3.95. The molecule has 0 unspecified atom stereocenters. The van der Waals surface area contributed by atoms with Crippen LogP contribution in [-0.4, -0.2) is 10.8 Å². The van der Waals surface area contributed by atoms with Gasteiger partial charge in [-0.15, -0.1) is 0 Å². The molecule has 0 radical (unpaired) electrons. The van der Waals surface area contributed by atoms with Crippen molar-refractivity contribution < 1.29 is 9.53 Å². The molecule has 0 bridgehead atoms. The van der Waals surface area contributed by atoms with Crippen LogP contribution < -0.4 is 4.74 Å². The van der Waals surface area contributed by atoms with E-state index in [1.54, 1.807) is 24.4 Å². The average molecular weight is 262 g/mol. The second-order valence-corrected chi connectivity index (χ2v) is 4.24. The highest BCUT2D eigenvalue weighted by molar-refractivity contribution is 6.31. The molecule has 4 heteroatoms. The molecule has 2 aromatic rings. The molecule has 1 aromatic heterocycles. The van der Waals surface area contributed by atoms with E-state index in [4.69, 9.17) is 16.3 Å². The number of pyridine rings is 1. The second-order valence-electron chi connectivity index (χ2n) is 3.81. The van der Waals surface area contributed by atoms with Gasteiger partial charge in [0.05, 0.1) is 11.3 Å². The fraction of sp³-hybridized carbons (Fsp3) is 0.143. The van der Waals surface area contributed by atoms with Crippen LogP contribution in [0.4, 0.5) is 0 Å². The molecule has 18 heavy (non-hydrogen) atoms. The highest BCUT2D eigenvalue weighted by atomic mass is 35.5. The number of rotatable bonds is 4. The van der Waals surface area contributed by atoms with Gasteiger partial charge in [-0.25, -0.2) is 0 Å². The van der Waals surface area contributed by atoms with E-state index >= 15 is 0 Å². The molecule has 0 fully saturated rings. The Morgan fingerprint density at radius 3 is 2.83 bits per heavy atom. The zero-order valence-electron chi connectivity index (χ0n) is 9.89. The van der Waals surface area contributed by atoms with Crippen molar-refractivity contribution in [2.24, 2.45) is 0 Å². The smallest absolute Gasteiger partial charge is 0.163 e. The maximum absolute atomic E-state index is 11.5. The largest absolute Gasteiger partial charge is 0.487 e. The van der Waals surface area contributed by atoms with Gasteiger partial charge in [-0.1, -0.05) is 17.7 Å². The molecule has 0 atom stereocenters. The van der Waals surface area contributed by atoms with Gasteiger partial charge in [0.15, 0.2) is 5.78 Å². The summed E-state index contributed by atoms with van der Waals surface area (Å²) in [6, 6.07) is 10.6. The first kappa shape index (κ1) is 12.6. The number of aromatic nitrogens is 1. The van der Waals surface area contributed by atoms with Gasteiger partial charge < -0.3 is 4.74 Å². The summed E-state index contributed by atoms with van der Waals surface area (Å²) in [5.74, 6) is 0.450. The number of Topliss-reactive ketones (excluding diaryl/α,β-unsaturated/α-hetero) is 1. The summed E-state index contributed by atoms with van der Waals surface area (Å²) in [5, 5.41) is 0.519. The van der Waals surface area contributed by atoms with Crippen LogP contribution in [0.2, 0.25) is 5.02 Å². The molecule has 0 spiro atoms. The minimum absolute atomic E-state index is 0.0754. The number of hydrogen-bond acceptors (Lipinski definition) is 3. The molecule has 2 rings (SSSR count). The van der Waals surface area contributed by atoms with Crippen molar-refractivity contribution in [3.63, 3.8) is 0 Å². The molecule has 3 nitrogen and oxygen atoms in total. The summed E-state index contributed by atoms with van der Waals surface area (Å²) in [6.45, 7) is 1.81. The molecule has 1 heterocycles. The van der Waals surface area contributed by atoms with Crippen LogP contribution in [0, 0.1) is 0 Å². The Morgan fingerprint density at radius 2 is 2.17 bits per heavy atom. The summed E-state index contributed by atoms with van der Waals surface area (Å²) in [6.07, 6.45) is 1.70. The number of hydrogen-bond donors (Lipinski definition) is 0. The fourth-order valence-electron chi connectivity index (χ4n) is 1.54. The summed E-state index contributed by atoms with van der Waals surface area (Å²) in [7, 11) is 0. The van der Waals surface area contributed by atoms with Crippen molar-refractivity contribution in [2.45, 2.75) is 13.5 Å². The summed E-state index contributed by atoms with van der Waals surface area (Å²) in [5.41, 5.74) is 1.29. The van der Waals surface area contributed by atoms with Crippen LogP contribution in [0.3, 0.4) is 0 Å². The molecular weight excluding hydrogens is 250 g/mol. The van der Waals surface area contributed by atoms with E-state index in [-0.39, 0.29) is 5.78 Å². The van der Waals surface area contributed by atoms with Crippen LogP contribution in [0.1, 0.15) is 23.0 Å². The van der Waals surface area contributed by atoms with Gasteiger partial charge >= 0.3 is 0 Å². The lowest BCUT2D eigenvalue weighted by Crippen LogP contribution is -2.02. The lowest BCUT2D eigenvalue weighted by Gasteiger charge is -2.09. The monoisotopic (exact) mass is 261 g/mol. The third kappa shape index (κ3) is 3.08. The zero-order valence-corrected chi connectivity index (χ0v) is 10.6. The van der Waals surface area contributed by atoms with Crippen LogP contribution in [-0.2, 0) is 6.61 Å². The highest BCUT2D eigenvalue weighted by Crippen LogP contribution is 2.24. The van der Waals surface area contributed by atoms with Crippen molar-refractivity contribution in [1.82, 2.24) is 4.98 Å². The number of carbonyl (C=O) groups is 1. The van der Waals surface area contributed by atoms with E-state index in [1.165, 1.54) is 6.92 Å². The average Bonchev–Trinajstić information content (AvgIpc) is 2.38. The van der Waals surface area contributed by atoms with E-state index in [2.05, 4.69) is 4.98 Å². The molecule has 0 saturated heterocycles. The van der Waals surface area contributed by atoms with Crippen molar-refractivity contribution in [1.29, 1.82) is 0 Å². The Morgan fingerprint density at radius 1 is 1.33 bits per heavy atom. The number of benzene rings is 1. The van der Waals surface area contributed by atoms with E-state index < -0.39 is 0 Å². The number of nitrogens with zero attached hydrogens (tertiary/aromatic N) is 1. The second kappa shape index (κ2) is 5.65. The minimum Gasteiger partial charge on any atom is -0.487 e. The molecule has 1 aromatic carbocycles. The fourth-order valence-corrected chi connectivity index (χ4v) is 1.71. The van der Waals surface area contributed by atoms with Crippen molar-refractivity contribution in [3.8, 4) is 5.75 Å². The summed E-state index contributed by atoms with van der Waals surface area (Å²) < 4.78 is 5.60. The van der Waals surface area contributed by atoms with E-state index in [0.29, 0.717) is 22.9 Å². The van der Waals surface area contributed by atoms with Gasteiger partial charge in [-0.3, -0.25) is 9.78 Å². The van der Waals surface area contributed by atoms with Gasteiger partial charge in [0.25, 0.3) is 0 Å². The van der Waals surface area contributed by atoms with Crippen LogP contribution >= 0.6 is 11.6 Å². The zero-order chi connectivity index (χ0) is 13.0. The van der Waals surface area contributed by atoms with Gasteiger partial charge in [-0.2, -0.15) is 0 Å². The topological polar surface area (TPSA) is 39.2 Å². The molecule has 0 aliphatic heterocycles. The first-order valence-electron chi connectivity index (χ1n) is 5.50. The third-order valence-corrected chi connectivity index (χ3v) is 2.66. The Hall–Kier alpha value is -1.87. The van der Waals surface area contributed by atoms with Gasteiger partial charge in [0, 0.05) is 11.2 Å². The number of halogens is 1. The van der Waals surface area contributed by atoms with Gasteiger partial charge in [-0.05, 0) is 37.3 Å². The summed E-state index contributed by atoms with van der Waals surface area (Å²) >= 11 is 5.86. The Balaban J connectivity index is 2.17. The minimum atomic E-state index is -0.0754. The lowest BCUT2D eigenvalue weighted by molar-refractivity contribution is 0.101. The molecule has 0 N–H and O–H groups in total. The molecular formula is C14H12ClNO2. The van der Waals surface area contributed by atoms with Gasteiger partial charge in [0.2, 0.25) is 0 Å². The molecule has 0 aliphatic carbocycles.